The summed E-state index contributed by atoms with van der Waals surface area (Å²) in [6.07, 6.45) is 3.67. The summed E-state index contributed by atoms with van der Waals surface area (Å²) in [5.74, 6) is 0. The Morgan fingerprint density at radius 2 is 1.91 bits per heavy atom. The van der Waals surface area contributed by atoms with Crippen molar-refractivity contribution in [2.75, 3.05) is 13.2 Å². The summed E-state index contributed by atoms with van der Waals surface area (Å²) in [5.41, 5.74) is -0.215. The van der Waals surface area contributed by atoms with Crippen molar-refractivity contribution in [3.8, 4) is 0 Å². The summed E-state index contributed by atoms with van der Waals surface area (Å²) in [5, 5.41) is 13.8. The predicted octanol–water partition coefficient (Wildman–Crippen LogP) is 1.98. The van der Waals surface area contributed by atoms with Crippen LogP contribution in [0.1, 0.15) is 40.0 Å². The molecule has 0 aliphatic rings. The minimum Gasteiger partial charge on any atom is -0.309 e. The van der Waals surface area contributed by atoms with Crippen molar-refractivity contribution in [3.05, 3.63) is 0 Å². The highest BCUT2D eigenvalue weighted by Gasteiger charge is 2.14. The second-order valence-electron chi connectivity index (χ2n) is 3.66. The average molecular weight is 158 g/mol. The fourth-order valence-electron chi connectivity index (χ4n) is 0.853. The molecule has 0 atom stereocenters. The highest BCUT2D eigenvalue weighted by atomic mass is 16.3. The summed E-state index contributed by atoms with van der Waals surface area (Å²) in [6, 6.07) is 0. The molecule has 0 aliphatic carbocycles. The van der Waals surface area contributed by atoms with E-state index in [2.05, 4.69) is 12.2 Å². The van der Waals surface area contributed by atoms with E-state index in [0.717, 1.165) is 6.54 Å². The van der Waals surface area contributed by atoms with Crippen LogP contribution in [0.4, 0.5) is 0 Å². The van der Waals surface area contributed by atoms with Gasteiger partial charge in [0, 0.05) is 5.54 Å². The van der Waals surface area contributed by atoms with Gasteiger partial charge in [0.1, 0.15) is 0 Å². The van der Waals surface area contributed by atoms with Crippen molar-refractivity contribution in [2.45, 2.75) is 45.6 Å². The molecule has 0 saturated heterocycles. The van der Waals surface area contributed by atoms with Gasteiger partial charge in [-0.25, -0.2) is 5.11 Å². The molecule has 0 heterocycles. The highest BCUT2D eigenvalue weighted by molar-refractivity contribution is 4.75. The summed E-state index contributed by atoms with van der Waals surface area (Å²) in [4.78, 5) is 0. The summed E-state index contributed by atoms with van der Waals surface area (Å²) >= 11 is 0. The number of hydrogen-bond acceptors (Lipinski definition) is 1. The van der Waals surface area contributed by atoms with Gasteiger partial charge in [0.2, 0.25) is 0 Å². The number of unbranched alkanes of at least 4 members (excludes halogenated alkanes) is 2. The third kappa shape index (κ3) is 6.32. The first kappa shape index (κ1) is 10.9. The molecule has 0 aliphatic heterocycles. The lowest BCUT2D eigenvalue weighted by Gasteiger charge is -2.22. The van der Waals surface area contributed by atoms with E-state index >= 15 is 0 Å². The molecule has 2 nitrogen and oxygen atoms in total. The first-order valence-electron chi connectivity index (χ1n) is 4.45. The quantitative estimate of drug-likeness (QED) is 0.589. The van der Waals surface area contributed by atoms with E-state index < -0.39 is 0 Å². The van der Waals surface area contributed by atoms with Crippen LogP contribution >= 0.6 is 0 Å². The Kier molecular flexibility index (Phi) is 5.51. The average Bonchev–Trinajstić information content (AvgIpc) is 1.99. The fraction of sp³-hybridized carbons (Fsp3) is 1.00. The number of rotatable bonds is 6. The van der Waals surface area contributed by atoms with Crippen LogP contribution in [0.25, 0.3) is 0 Å². The molecular formula is C9H20NO. The lowest BCUT2D eigenvalue weighted by atomic mass is 10.1. The molecule has 0 fully saturated rings. The molecular weight excluding hydrogens is 138 g/mol. The molecule has 2 heteroatoms. The molecule has 0 spiro atoms. The van der Waals surface area contributed by atoms with Crippen LogP contribution in [0.3, 0.4) is 0 Å². The maximum atomic E-state index is 10.6. The van der Waals surface area contributed by atoms with Crippen molar-refractivity contribution in [1.82, 2.24) is 5.32 Å². The Bertz CT molecular complexity index is 91.6. The third-order valence-corrected chi connectivity index (χ3v) is 1.74. The number of hydrogen-bond donors (Lipinski definition) is 1. The van der Waals surface area contributed by atoms with Crippen molar-refractivity contribution in [3.63, 3.8) is 0 Å². The minimum absolute atomic E-state index is 0.0425. The zero-order valence-electron chi connectivity index (χ0n) is 7.94. The zero-order valence-corrected chi connectivity index (χ0v) is 7.94. The van der Waals surface area contributed by atoms with Crippen LogP contribution in [0, 0.1) is 0 Å². The van der Waals surface area contributed by atoms with Crippen molar-refractivity contribution in [2.24, 2.45) is 0 Å². The van der Waals surface area contributed by atoms with Crippen molar-refractivity contribution in [1.29, 1.82) is 0 Å². The van der Waals surface area contributed by atoms with Crippen LogP contribution in [0.5, 0.6) is 0 Å². The summed E-state index contributed by atoms with van der Waals surface area (Å²) in [6.45, 7) is 7.01. The fourth-order valence-corrected chi connectivity index (χ4v) is 0.853. The van der Waals surface area contributed by atoms with Gasteiger partial charge in [0.25, 0.3) is 0 Å². The zero-order chi connectivity index (χ0) is 8.74. The van der Waals surface area contributed by atoms with Crippen LogP contribution < -0.4 is 5.32 Å². The highest BCUT2D eigenvalue weighted by Crippen LogP contribution is 2.00. The normalized spacial score (nSPS) is 12.0. The lowest BCUT2D eigenvalue weighted by molar-refractivity contribution is 0.118. The Labute approximate surface area is 70.0 Å². The molecule has 11 heavy (non-hydrogen) atoms. The second kappa shape index (κ2) is 5.56. The van der Waals surface area contributed by atoms with Gasteiger partial charge in [-0.1, -0.05) is 19.8 Å². The molecule has 0 aromatic carbocycles. The van der Waals surface area contributed by atoms with Crippen molar-refractivity contribution >= 4 is 0 Å². The molecule has 67 valence electrons. The van der Waals surface area contributed by atoms with Gasteiger partial charge in [-0.2, -0.15) is 0 Å². The van der Waals surface area contributed by atoms with E-state index in [1.54, 1.807) is 0 Å². The van der Waals surface area contributed by atoms with Crippen LogP contribution in [0.2, 0.25) is 0 Å². The van der Waals surface area contributed by atoms with Crippen molar-refractivity contribution < 1.29 is 5.11 Å². The Morgan fingerprint density at radius 3 is 2.36 bits per heavy atom. The maximum Gasteiger partial charge on any atom is 0.0998 e. The smallest absolute Gasteiger partial charge is 0.0998 e. The van der Waals surface area contributed by atoms with Crippen LogP contribution in [-0.4, -0.2) is 18.7 Å². The minimum atomic E-state index is -0.215. The van der Waals surface area contributed by atoms with E-state index in [1.807, 2.05) is 13.8 Å². The first-order valence-corrected chi connectivity index (χ1v) is 4.45. The predicted molar refractivity (Wildman–Crippen MR) is 47.2 cm³/mol. The van der Waals surface area contributed by atoms with E-state index in [0.29, 0.717) is 0 Å². The van der Waals surface area contributed by atoms with Gasteiger partial charge in [-0.3, -0.25) is 0 Å². The molecule has 0 aromatic rings. The van der Waals surface area contributed by atoms with E-state index in [4.69, 9.17) is 0 Å². The number of nitrogens with one attached hydrogen (secondary N) is 1. The standard InChI is InChI=1S/C9H20NO/c1-4-5-6-7-10-9(2,3)8-11/h10H,4-8H2,1-3H3. The van der Waals surface area contributed by atoms with E-state index in [1.165, 1.54) is 19.3 Å². The van der Waals surface area contributed by atoms with E-state index in [-0.39, 0.29) is 12.1 Å². The van der Waals surface area contributed by atoms with Gasteiger partial charge in [0.05, 0.1) is 6.61 Å². The van der Waals surface area contributed by atoms with Crippen LogP contribution in [0.15, 0.2) is 0 Å². The molecule has 0 aromatic heterocycles. The van der Waals surface area contributed by atoms with Gasteiger partial charge in [0.15, 0.2) is 0 Å². The Balaban J connectivity index is 3.23. The molecule has 0 unspecified atom stereocenters. The molecule has 0 bridgehead atoms. The largest absolute Gasteiger partial charge is 0.309 e. The SMILES string of the molecule is CCCCCNC(C)(C)C[O]. The summed E-state index contributed by atoms with van der Waals surface area (Å²) < 4.78 is 0. The molecule has 0 amide bonds. The molecule has 0 saturated carbocycles. The monoisotopic (exact) mass is 158 g/mol. The lowest BCUT2D eigenvalue weighted by Crippen LogP contribution is -2.42. The maximum absolute atomic E-state index is 10.6. The second-order valence-corrected chi connectivity index (χ2v) is 3.66. The van der Waals surface area contributed by atoms with Gasteiger partial charge < -0.3 is 5.32 Å². The Hall–Kier alpha value is -0.0800. The molecule has 1 N–H and O–H groups in total. The van der Waals surface area contributed by atoms with Gasteiger partial charge in [-0.15, -0.1) is 0 Å². The van der Waals surface area contributed by atoms with E-state index in [9.17, 15) is 5.11 Å². The Morgan fingerprint density at radius 1 is 1.27 bits per heavy atom. The van der Waals surface area contributed by atoms with Crippen LogP contribution in [-0.2, 0) is 5.11 Å². The molecule has 1 radical (unpaired) electrons. The van der Waals surface area contributed by atoms with Gasteiger partial charge >= 0.3 is 0 Å². The topological polar surface area (TPSA) is 31.9 Å². The molecule has 0 rings (SSSR count). The first-order chi connectivity index (χ1) is 5.12. The third-order valence-electron chi connectivity index (χ3n) is 1.74. The van der Waals surface area contributed by atoms with Gasteiger partial charge in [-0.05, 0) is 26.8 Å². The summed E-state index contributed by atoms with van der Waals surface area (Å²) in [7, 11) is 0.